The first-order chi connectivity index (χ1) is 9.69. The number of benzene rings is 1. The smallest absolute Gasteiger partial charge is 0.126 e. The molecular weight excluding hydrogens is 253 g/mol. The molecule has 0 radical (unpaired) electrons. The van der Waals surface area contributed by atoms with Gasteiger partial charge in [-0.3, -0.25) is 0 Å². The quantitative estimate of drug-likeness (QED) is 0.840. The van der Waals surface area contributed by atoms with E-state index in [9.17, 15) is 9.50 Å². The Balaban J connectivity index is 1.86. The van der Waals surface area contributed by atoms with Crippen LogP contribution in [0.4, 0.5) is 4.39 Å². The molecule has 1 aromatic rings. The number of aryl methyl sites for hydroxylation is 2. The Morgan fingerprint density at radius 2 is 1.90 bits per heavy atom. The molecule has 0 saturated heterocycles. The van der Waals surface area contributed by atoms with E-state index in [0.717, 1.165) is 62.8 Å². The van der Waals surface area contributed by atoms with E-state index in [2.05, 4.69) is 0 Å². The molecule has 2 nitrogen and oxygen atoms in total. The lowest BCUT2D eigenvalue weighted by atomic mass is 9.84. The van der Waals surface area contributed by atoms with Crippen LogP contribution in [0.15, 0.2) is 18.2 Å². The maximum Gasteiger partial charge on any atom is 0.126 e. The number of hydrogen-bond donors (Lipinski definition) is 2. The van der Waals surface area contributed by atoms with Crippen molar-refractivity contribution in [1.29, 1.82) is 0 Å². The minimum absolute atomic E-state index is 0.0834. The molecule has 0 aliphatic heterocycles. The summed E-state index contributed by atoms with van der Waals surface area (Å²) in [4.78, 5) is 0. The zero-order valence-corrected chi connectivity index (χ0v) is 12.2. The van der Waals surface area contributed by atoms with Crippen molar-refractivity contribution in [3.63, 3.8) is 0 Å². The Bertz CT molecular complexity index is 413. The van der Waals surface area contributed by atoms with Crippen molar-refractivity contribution in [3.05, 3.63) is 35.1 Å². The van der Waals surface area contributed by atoms with Crippen molar-refractivity contribution in [3.8, 4) is 0 Å². The Morgan fingerprint density at radius 3 is 2.60 bits per heavy atom. The van der Waals surface area contributed by atoms with Crippen molar-refractivity contribution in [1.82, 2.24) is 0 Å². The van der Waals surface area contributed by atoms with Gasteiger partial charge in [0.25, 0.3) is 0 Å². The lowest BCUT2D eigenvalue weighted by molar-refractivity contribution is 0.106. The monoisotopic (exact) mass is 279 g/mol. The van der Waals surface area contributed by atoms with E-state index in [1.807, 2.05) is 12.1 Å². The highest BCUT2D eigenvalue weighted by Gasteiger charge is 2.19. The van der Waals surface area contributed by atoms with Gasteiger partial charge in [-0.05, 0) is 81.0 Å². The van der Waals surface area contributed by atoms with E-state index in [0.29, 0.717) is 6.54 Å². The first-order valence-electron chi connectivity index (χ1n) is 7.84. The van der Waals surface area contributed by atoms with Gasteiger partial charge in [0.15, 0.2) is 0 Å². The largest absolute Gasteiger partial charge is 0.393 e. The van der Waals surface area contributed by atoms with Crippen LogP contribution in [0.3, 0.4) is 0 Å². The maximum absolute atomic E-state index is 13.7. The summed E-state index contributed by atoms with van der Waals surface area (Å²) in [7, 11) is 0. The summed E-state index contributed by atoms with van der Waals surface area (Å²) in [6, 6.07) is 5.49. The highest BCUT2D eigenvalue weighted by atomic mass is 19.1. The van der Waals surface area contributed by atoms with Crippen LogP contribution in [0.1, 0.15) is 49.7 Å². The summed E-state index contributed by atoms with van der Waals surface area (Å²) in [5.74, 6) is 0.610. The second-order valence-electron chi connectivity index (χ2n) is 6.03. The summed E-state index contributed by atoms with van der Waals surface area (Å²) in [6.07, 6.45) is 7.77. The van der Waals surface area contributed by atoms with Crippen LogP contribution < -0.4 is 5.73 Å². The number of rotatable bonds is 6. The molecule has 0 unspecified atom stereocenters. The SMILES string of the molecule is NCCCc1cc(CCC2CCC(O)CC2)ccc1F. The first kappa shape index (κ1) is 15.5. The van der Waals surface area contributed by atoms with Gasteiger partial charge in [0, 0.05) is 0 Å². The number of nitrogens with two attached hydrogens (primary N) is 1. The van der Waals surface area contributed by atoms with E-state index in [1.165, 1.54) is 5.56 Å². The highest BCUT2D eigenvalue weighted by molar-refractivity contribution is 5.25. The van der Waals surface area contributed by atoms with Gasteiger partial charge in [-0.2, -0.15) is 0 Å². The average molecular weight is 279 g/mol. The Kier molecular flexibility index (Phi) is 5.99. The van der Waals surface area contributed by atoms with Gasteiger partial charge in [-0.25, -0.2) is 4.39 Å². The fourth-order valence-electron chi connectivity index (χ4n) is 3.07. The molecule has 0 amide bonds. The average Bonchev–Trinajstić information content (AvgIpc) is 2.46. The van der Waals surface area contributed by atoms with Crippen LogP contribution in [0.25, 0.3) is 0 Å². The molecule has 1 fully saturated rings. The summed E-state index contributed by atoms with van der Waals surface area (Å²) in [5.41, 5.74) is 7.51. The fraction of sp³-hybridized carbons (Fsp3) is 0.647. The topological polar surface area (TPSA) is 46.2 Å². The fourth-order valence-corrected chi connectivity index (χ4v) is 3.07. The summed E-state index contributed by atoms with van der Waals surface area (Å²) < 4.78 is 13.7. The van der Waals surface area contributed by atoms with Crippen LogP contribution in [-0.2, 0) is 12.8 Å². The standard InChI is InChI=1S/C17H26FNO/c18-17-10-7-14(12-15(17)2-1-11-19)4-3-13-5-8-16(20)9-6-13/h7,10,12-13,16,20H,1-6,8-9,11,19H2. The molecule has 0 spiro atoms. The van der Waals surface area contributed by atoms with Gasteiger partial charge >= 0.3 is 0 Å². The third kappa shape index (κ3) is 4.57. The van der Waals surface area contributed by atoms with Gasteiger partial charge in [0.2, 0.25) is 0 Å². The Hall–Kier alpha value is -0.930. The van der Waals surface area contributed by atoms with Crippen molar-refractivity contribution < 1.29 is 9.50 Å². The molecule has 3 N–H and O–H groups in total. The summed E-state index contributed by atoms with van der Waals surface area (Å²) >= 11 is 0. The number of hydrogen-bond acceptors (Lipinski definition) is 2. The third-order valence-corrected chi connectivity index (χ3v) is 4.42. The summed E-state index contributed by atoms with van der Waals surface area (Å²) in [5, 5.41) is 9.51. The zero-order valence-electron chi connectivity index (χ0n) is 12.2. The summed E-state index contributed by atoms with van der Waals surface area (Å²) in [6.45, 7) is 0.605. The second-order valence-corrected chi connectivity index (χ2v) is 6.03. The zero-order chi connectivity index (χ0) is 14.4. The molecule has 0 heterocycles. The van der Waals surface area contributed by atoms with E-state index < -0.39 is 0 Å². The third-order valence-electron chi connectivity index (χ3n) is 4.42. The molecule has 1 aliphatic carbocycles. The molecule has 3 heteroatoms. The van der Waals surface area contributed by atoms with Crippen molar-refractivity contribution in [2.75, 3.05) is 6.54 Å². The molecule has 2 rings (SSSR count). The molecule has 1 aliphatic rings. The molecule has 0 aromatic heterocycles. The van der Waals surface area contributed by atoms with Crippen LogP contribution in [0.2, 0.25) is 0 Å². The number of aliphatic hydroxyl groups is 1. The lowest BCUT2D eigenvalue weighted by Crippen LogP contribution is -2.18. The van der Waals surface area contributed by atoms with Gasteiger partial charge in [0.1, 0.15) is 5.82 Å². The van der Waals surface area contributed by atoms with Gasteiger partial charge in [-0.15, -0.1) is 0 Å². The predicted octanol–water partition coefficient (Wildman–Crippen LogP) is 3.20. The number of halogens is 1. The van der Waals surface area contributed by atoms with Crippen molar-refractivity contribution >= 4 is 0 Å². The second kappa shape index (κ2) is 7.75. The molecule has 1 aromatic carbocycles. The maximum atomic E-state index is 13.7. The predicted molar refractivity (Wildman–Crippen MR) is 80.1 cm³/mol. The van der Waals surface area contributed by atoms with E-state index in [-0.39, 0.29) is 11.9 Å². The molecule has 0 bridgehead atoms. The minimum atomic E-state index is -0.108. The minimum Gasteiger partial charge on any atom is -0.393 e. The molecule has 112 valence electrons. The van der Waals surface area contributed by atoms with E-state index in [4.69, 9.17) is 5.73 Å². The van der Waals surface area contributed by atoms with E-state index >= 15 is 0 Å². The number of aliphatic hydroxyl groups excluding tert-OH is 1. The first-order valence-corrected chi connectivity index (χ1v) is 7.84. The highest BCUT2D eigenvalue weighted by Crippen LogP contribution is 2.28. The Labute approximate surface area is 121 Å². The van der Waals surface area contributed by atoms with Crippen molar-refractivity contribution in [2.24, 2.45) is 11.7 Å². The van der Waals surface area contributed by atoms with E-state index in [1.54, 1.807) is 6.07 Å². The Morgan fingerprint density at radius 1 is 1.15 bits per heavy atom. The molecular formula is C17H26FNO. The molecule has 1 saturated carbocycles. The van der Waals surface area contributed by atoms with Gasteiger partial charge < -0.3 is 10.8 Å². The van der Waals surface area contributed by atoms with Crippen molar-refractivity contribution in [2.45, 2.75) is 57.5 Å². The van der Waals surface area contributed by atoms with Crippen LogP contribution >= 0.6 is 0 Å². The van der Waals surface area contributed by atoms with Gasteiger partial charge in [0.05, 0.1) is 6.10 Å². The molecule has 0 atom stereocenters. The lowest BCUT2D eigenvalue weighted by Gasteiger charge is -2.25. The normalized spacial score (nSPS) is 22.9. The molecule has 20 heavy (non-hydrogen) atoms. The van der Waals surface area contributed by atoms with Gasteiger partial charge in [-0.1, -0.05) is 12.1 Å². The van der Waals surface area contributed by atoms with Crippen LogP contribution in [0, 0.1) is 11.7 Å². The van der Waals surface area contributed by atoms with Crippen LogP contribution in [0.5, 0.6) is 0 Å². The van der Waals surface area contributed by atoms with Crippen LogP contribution in [-0.4, -0.2) is 17.8 Å².